The number of alkyl halides is 3. The van der Waals surface area contributed by atoms with Crippen molar-refractivity contribution in [2.24, 2.45) is 0 Å². The Bertz CT molecular complexity index is 1130. The second kappa shape index (κ2) is 11.7. The van der Waals surface area contributed by atoms with Gasteiger partial charge in [-0.2, -0.15) is 13.2 Å². The second-order valence-electron chi connectivity index (χ2n) is 8.07. The SMILES string of the molecule is CCCCN(Cc1ccc(OCC(=O)O)c(CC)c1)c1nccc(-c2ccc(C(F)(F)F)cc2)n1. The number of unbranched alkanes of at least 4 members (excludes halogenated alkanes) is 1. The quantitative estimate of drug-likeness (QED) is 0.358. The van der Waals surface area contributed by atoms with Gasteiger partial charge in [-0.05, 0) is 48.2 Å². The van der Waals surface area contributed by atoms with Gasteiger partial charge < -0.3 is 14.7 Å². The van der Waals surface area contributed by atoms with Crippen molar-refractivity contribution >= 4 is 11.9 Å². The van der Waals surface area contributed by atoms with E-state index in [4.69, 9.17) is 9.84 Å². The van der Waals surface area contributed by atoms with Crippen LogP contribution in [-0.2, 0) is 23.9 Å². The average Bonchev–Trinajstić information content (AvgIpc) is 2.85. The number of aromatic nitrogens is 2. The molecule has 35 heavy (non-hydrogen) atoms. The first-order valence-corrected chi connectivity index (χ1v) is 11.4. The van der Waals surface area contributed by atoms with E-state index in [2.05, 4.69) is 16.9 Å². The Morgan fingerprint density at radius 3 is 2.46 bits per heavy atom. The minimum absolute atomic E-state index is 0.403. The molecule has 0 saturated heterocycles. The molecule has 186 valence electrons. The molecule has 1 N–H and O–H groups in total. The summed E-state index contributed by atoms with van der Waals surface area (Å²) in [6, 6.07) is 12.2. The number of anilines is 1. The molecule has 3 aromatic rings. The summed E-state index contributed by atoms with van der Waals surface area (Å²) < 4.78 is 44.1. The number of benzene rings is 2. The van der Waals surface area contributed by atoms with Crippen LogP contribution in [0.15, 0.2) is 54.7 Å². The Balaban J connectivity index is 1.85. The van der Waals surface area contributed by atoms with Gasteiger partial charge in [-0.1, -0.05) is 44.5 Å². The molecule has 0 bridgehead atoms. The van der Waals surface area contributed by atoms with E-state index in [1.54, 1.807) is 18.3 Å². The summed E-state index contributed by atoms with van der Waals surface area (Å²) in [6.07, 6.45) is -0.226. The molecular weight excluding hydrogens is 459 g/mol. The smallest absolute Gasteiger partial charge is 0.416 e. The normalized spacial score (nSPS) is 11.3. The van der Waals surface area contributed by atoms with Crippen molar-refractivity contribution in [1.82, 2.24) is 9.97 Å². The summed E-state index contributed by atoms with van der Waals surface area (Å²) in [4.78, 5) is 21.9. The zero-order chi connectivity index (χ0) is 25.4. The summed E-state index contributed by atoms with van der Waals surface area (Å²) in [7, 11) is 0. The van der Waals surface area contributed by atoms with Crippen LogP contribution in [0.25, 0.3) is 11.3 Å². The number of aliphatic carboxylic acids is 1. The largest absolute Gasteiger partial charge is 0.482 e. The van der Waals surface area contributed by atoms with Gasteiger partial charge in [0.15, 0.2) is 6.61 Å². The lowest BCUT2D eigenvalue weighted by atomic mass is 10.1. The fourth-order valence-electron chi connectivity index (χ4n) is 3.60. The molecule has 0 aliphatic rings. The Labute approximate surface area is 202 Å². The first kappa shape index (κ1) is 26.0. The van der Waals surface area contributed by atoms with Crippen LogP contribution >= 0.6 is 0 Å². The van der Waals surface area contributed by atoms with E-state index in [9.17, 15) is 18.0 Å². The predicted molar refractivity (Wildman–Crippen MR) is 127 cm³/mol. The Kier molecular flexibility index (Phi) is 8.68. The number of carboxylic acids is 1. The molecule has 0 spiro atoms. The third-order valence-corrected chi connectivity index (χ3v) is 5.45. The van der Waals surface area contributed by atoms with Crippen LogP contribution in [0.2, 0.25) is 0 Å². The Morgan fingerprint density at radius 2 is 1.83 bits per heavy atom. The molecule has 3 rings (SSSR count). The molecule has 6 nitrogen and oxygen atoms in total. The van der Waals surface area contributed by atoms with Crippen molar-refractivity contribution in [2.45, 2.75) is 45.8 Å². The minimum Gasteiger partial charge on any atom is -0.482 e. The fraction of sp³-hybridized carbons (Fsp3) is 0.346. The highest BCUT2D eigenvalue weighted by atomic mass is 19.4. The number of nitrogens with zero attached hydrogens (tertiary/aromatic N) is 3. The summed E-state index contributed by atoms with van der Waals surface area (Å²) in [6.45, 7) is 4.87. The molecule has 0 atom stereocenters. The third-order valence-electron chi connectivity index (χ3n) is 5.45. The van der Waals surface area contributed by atoms with Crippen LogP contribution in [0.1, 0.15) is 43.4 Å². The topological polar surface area (TPSA) is 75.5 Å². The van der Waals surface area contributed by atoms with E-state index in [1.165, 1.54) is 12.1 Å². The van der Waals surface area contributed by atoms with E-state index in [1.807, 2.05) is 24.0 Å². The highest BCUT2D eigenvalue weighted by molar-refractivity contribution is 5.68. The molecule has 0 saturated carbocycles. The molecule has 0 aliphatic carbocycles. The average molecular weight is 488 g/mol. The molecule has 0 unspecified atom stereocenters. The van der Waals surface area contributed by atoms with Crippen LogP contribution in [-0.4, -0.2) is 34.2 Å². The number of rotatable bonds is 11. The van der Waals surface area contributed by atoms with E-state index in [-0.39, 0.29) is 0 Å². The minimum atomic E-state index is -4.39. The second-order valence-corrected chi connectivity index (χ2v) is 8.07. The predicted octanol–water partition coefficient (Wildman–Crippen LogP) is 5.99. The van der Waals surface area contributed by atoms with E-state index in [0.29, 0.717) is 42.5 Å². The summed E-state index contributed by atoms with van der Waals surface area (Å²) in [5, 5.41) is 8.88. The fourth-order valence-corrected chi connectivity index (χ4v) is 3.60. The third kappa shape index (κ3) is 7.18. The lowest BCUT2D eigenvalue weighted by Crippen LogP contribution is -2.26. The summed E-state index contributed by atoms with van der Waals surface area (Å²) >= 11 is 0. The first-order chi connectivity index (χ1) is 16.7. The van der Waals surface area contributed by atoms with Gasteiger partial charge in [0.05, 0.1) is 11.3 Å². The van der Waals surface area contributed by atoms with Crippen LogP contribution < -0.4 is 9.64 Å². The van der Waals surface area contributed by atoms with Gasteiger partial charge >= 0.3 is 12.1 Å². The molecule has 0 amide bonds. The van der Waals surface area contributed by atoms with Crippen molar-refractivity contribution in [3.8, 4) is 17.0 Å². The van der Waals surface area contributed by atoms with Crippen molar-refractivity contribution in [3.05, 3.63) is 71.4 Å². The maximum absolute atomic E-state index is 12.9. The zero-order valence-corrected chi connectivity index (χ0v) is 19.7. The molecule has 1 heterocycles. The highest BCUT2D eigenvalue weighted by Gasteiger charge is 2.30. The lowest BCUT2D eigenvalue weighted by Gasteiger charge is -2.23. The van der Waals surface area contributed by atoms with Crippen molar-refractivity contribution in [1.29, 1.82) is 0 Å². The molecule has 0 fully saturated rings. The highest BCUT2D eigenvalue weighted by Crippen LogP contribution is 2.31. The number of aryl methyl sites for hydroxylation is 1. The van der Waals surface area contributed by atoms with Gasteiger partial charge in [0, 0.05) is 24.8 Å². The van der Waals surface area contributed by atoms with Gasteiger partial charge in [0.25, 0.3) is 0 Å². The van der Waals surface area contributed by atoms with Gasteiger partial charge in [0.2, 0.25) is 5.95 Å². The van der Waals surface area contributed by atoms with E-state index >= 15 is 0 Å². The number of hydrogen-bond acceptors (Lipinski definition) is 5. The van der Waals surface area contributed by atoms with Crippen molar-refractivity contribution in [3.63, 3.8) is 0 Å². The Morgan fingerprint density at radius 1 is 1.09 bits per heavy atom. The number of carbonyl (C=O) groups is 1. The van der Waals surface area contributed by atoms with Gasteiger partial charge in [-0.25, -0.2) is 14.8 Å². The lowest BCUT2D eigenvalue weighted by molar-refractivity contribution is -0.139. The molecule has 0 radical (unpaired) electrons. The van der Waals surface area contributed by atoms with Gasteiger partial charge in [-0.3, -0.25) is 0 Å². The summed E-state index contributed by atoms with van der Waals surface area (Å²) in [5.41, 5.74) is 2.30. The van der Waals surface area contributed by atoms with Crippen LogP contribution in [0, 0.1) is 0 Å². The van der Waals surface area contributed by atoms with Crippen molar-refractivity contribution in [2.75, 3.05) is 18.1 Å². The van der Waals surface area contributed by atoms with Gasteiger partial charge in [-0.15, -0.1) is 0 Å². The molecule has 1 aromatic heterocycles. The number of hydrogen-bond donors (Lipinski definition) is 1. The zero-order valence-electron chi connectivity index (χ0n) is 19.7. The van der Waals surface area contributed by atoms with Crippen LogP contribution in [0.5, 0.6) is 5.75 Å². The maximum Gasteiger partial charge on any atom is 0.416 e. The first-order valence-electron chi connectivity index (χ1n) is 11.4. The Hall–Kier alpha value is -3.62. The monoisotopic (exact) mass is 487 g/mol. The maximum atomic E-state index is 12.9. The summed E-state index contributed by atoms with van der Waals surface area (Å²) in [5.74, 6) is -0.00800. The van der Waals surface area contributed by atoms with Crippen molar-refractivity contribution < 1.29 is 27.8 Å². The van der Waals surface area contributed by atoms with E-state index in [0.717, 1.165) is 36.1 Å². The van der Waals surface area contributed by atoms with Crippen LogP contribution in [0.3, 0.4) is 0 Å². The number of carboxylic acid groups (broad SMARTS) is 1. The molecule has 9 heteroatoms. The number of halogens is 3. The molecule has 0 aliphatic heterocycles. The number of ether oxygens (including phenoxy) is 1. The van der Waals surface area contributed by atoms with Gasteiger partial charge in [0.1, 0.15) is 5.75 Å². The molecular formula is C26H28F3N3O3. The van der Waals surface area contributed by atoms with Crippen LogP contribution in [0.4, 0.5) is 19.1 Å². The standard InChI is InChI=1S/C26H28F3N3O3/c1-3-5-14-32(16-18-6-11-23(19(4-2)15-18)35-17-24(33)34)25-30-13-12-22(31-25)20-7-9-21(10-8-20)26(27,28)29/h6-13,15H,3-5,14,16-17H2,1-2H3,(H,33,34). The van der Waals surface area contributed by atoms with E-state index < -0.39 is 24.3 Å². The molecule has 2 aromatic carbocycles.